The van der Waals surface area contributed by atoms with Gasteiger partial charge in [0.05, 0.1) is 0 Å². The molecular weight excluding hydrogens is 390 g/mol. The van der Waals surface area contributed by atoms with Crippen LogP contribution < -0.4 is 9.47 Å². The summed E-state index contributed by atoms with van der Waals surface area (Å²) in [7, 11) is 2.16. The van der Waals surface area contributed by atoms with Gasteiger partial charge in [0.25, 0.3) is 0 Å². The molecule has 0 N–H and O–H groups in total. The van der Waals surface area contributed by atoms with Crippen LogP contribution in [-0.4, -0.2) is 42.0 Å². The van der Waals surface area contributed by atoms with Crippen molar-refractivity contribution in [3.8, 4) is 22.9 Å². The van der Waals surface area contributed by atoms with E-state index in [9.17, 15) is 0 Å². The van der Waals surface area contributed by atoms with Crippen LogP contribution in [-0.2, 0) is 6.42 Å². The molecule has 7 heteroatoms. The Balaban J connectivity index is 1.36. The molecule has 150 valence electrons. The number of likely N-dealkylation sites (tertiary alicyclic amines) is 1. The van der Waals surface area contributed by atoms with E-state index < -0.39 is 0 Å². The number of halogens is 1. The Kier molecular flexibility index (Phi) is 4.89. The van der Waals surface area contributed by atoms with Gasteiger partial charge in [-0.05, 0) is 67.7 Å². The first-order valence-electron chi connectivity index (χ1n) is 9.82. The minimum atomic E-state index is 0.248. The average Bonchev–Trinajstić information content (AvgIpc) is 3.38. The zero-order valence-corrected chi connectivity index (χ0v) is 16.9. The van der Waals surface area contributed by atoms with Crippen molar-refractivity contribution in [1.29, 1.82) is 0 Å². The molecule has 1 aromatic heterocycles. The van der Waals surface area contributed by atoms with Crippen molar-refractivity contribution in [3.05, 3.63) is 58.9 Å². The molecule has 2 atom stereocenters. The van der Waals surface area contributed by atoms with E-state index in [2.05, 4.69) is 34.2 Å². The molecule has 5 rings (SSSR count). The van der Waals surface area contributed by atoms with E-state index in [1.54, 1.807) is 0 Å². The molecule has 0 aliphatic carbocycles. The molecule has 6 nitrogen and oxygen atoms in total. The van der Waals surface area contributed by atoms with Crippen LogP contribution in [0.5, 0.6) is 11.5 Å². The SMILES string of the molecule is CN1CC[C@H](c2ccc(Cl)cc2)[C@@H](Cc2nc(-c3ccc4c(c3)OCO4)no2)C1. The summed E-state index contributed by atoms with van der Waals surface area (Å²) in [5, 5.41) is 4.96. The zero-order chi connectivity index (χ0) is 19.8. The summed E-state index contributed by atoms with van der Waals surface area (Å²) in [4.78, 5) is 7.02. The normalized spacial score (nSPS) is 21.4. The summed E-state index contributed by atoms with van der Waals surface area (Å²) in [5.41, 5.74) is 2.18. The maximum atomic E-state index is 6.08. The molecular formula is C22H22ClN3O3. The lowest BCUT2D eigenvalue weighted by Gasteiger charge is -2.36. The van der Waals surface area contributed by atoms with Crippen LogP contribution >= 0.6 is 11.6 Å². The van der Waals surface area contributed by atoms with E-state index in [1.165, 1.54) is 5.56 Å². The Labute approximate surface area is 174 Å². The summed E-state index contributed by atoms with van der Waals surface area (Å²) in [6, 6.07) is 13.9. The molecule has 0 unspecified atom stereocenters. The zero-order valence-electron chi connectivity index (χ0n) is 16.2. The third-order valence-corrected chi connectivity index (χ3v) is 6.02. The third kappa shape index (κ3) is 3.82. The molecule has 0 amide bonds. The number of rotatable bonds is 4. The summed E-state index contributed by atoms with van der Waals surface area (Å²) in [5.74, 6) is 3.55. The van der Waals surface area contributed by atoms with Gasteiger partial charge in [0.2, 0.25) is 18.5 Å². The van der Waals surface area contributed by atoms with E-state index in [0.29, 0.717) is 29.3 Å². The largest absolute Gasteiger partial charge is 0.454 e. The van der Waals surface area contributed by atoms with Crippen LogP contribution in [0.15, 0.2) is 47.0 Å². The Morgan fingerprint density at radius 1 is 1.10 bits per heavy atom. The third-order valence-electron chi connectivity index (χ3n) is 5.77. The lowest BCUT2D eigenvalue weighted by molar-refractivity contribution is 0.173. The fourth-order valence-corrected chi connectivity index (χ4v) is 4.41. The monoisotopic (exact) mass is 411 g/mol. The van der Waals surface area contributed by atoms with Crippen LogP contribution in [0.1, 0.15) is 23.8 Å². The molecule has 2 aliphatic rings. The van der Waals surface area contributed by atoms with Crippen LogP contribution in [0.3, 0.4) is 0 Å². The summed E-state index contributed by atoms with van der Waals surface area (Å²) < 4.78 is 16.4. The van der Waals surface area contributed by atoms with Gasteiger partial charge in [0.15, 0.2) is 11.5 Å². The maximum Gasteiger partial charge on any atom is 0.231 e. The van der Waals surface area contributed by atoms with Gasteiger partial charge in [-0.25, -0.2) is 0 Å². The summed E-state index contributed by atoms with van der Waals surface area (Å²) in [6.45, 7) is 2.32. The fraction of sp³-hybridized carbons (Fsp3) is 0.364. The Morgan fingerprint density at radius 3 is 2.79 bits per heavy atom. The second kappa shape index (κ2) is 7.69. The first-order chi connectivity index (χ1) is 14.2. The van der Waals surface area contributed by atoms with Gasteiger partial charge in [-0.3, -0.25) is 0 Å². The van der Waals surface area contributed by atoms with E-state index in [0.717, 1.165) is 42.3 Å². The van der Waals surface area contributed by atoms with Gasteiger partial charge < -0.3 is 18.9 Å². The predicted molar refractivity (Wildman–Crippen MR) is 109 cm³/mol. The quantitative estimate of drug-likeness (QED) is 0.634. The molecule has 0 radical (unpaired) electrons. The number of piperidine rings is 1. The van der Waals surface area contributed by atoms with Gasteiger partial charge in [-0.15, -0.1) is 0 Å². The van der Waals surface area contributed by atoms with Crippen LogP contribution in [0.4, 0.5) is 0 Å². The minimum Gasteiger partial charge on any atom is -0.454 e. The molecule has 0 spiro atoms. The number of ether oxygens (including phenoxy) is 2. The first kappa shape index (κ1) is 18.5. The topological polar surface area (TPSA) is 60.6 Å². The Morgan fingerprint density at radius 2 is 1.93 bits per heavy atom. The van der Waals surface area contributed by atoms with Crippen LogP contribution in [0.2, 0.25) is 5.02 Å². The smallest absolute Gasteiger partial charge is 0.231 e. The van der Waals surface area contributed by atoms with Crippen molar-refractivity contribution in [2.45, 2.75) is 18.8 Å². The number of hydrogen-bond acceptors (Lipinski definition) is 6. The van der Waals surface area contributed by atoms with Crippen molar-refractivity contribution in [1.82, 2.24) is 15.0 Å². The number of hydrogen-bond donors (Lipinski definition) is 0. The average molecular weight is 412 g/mol. The fourth-order valence-electron chi connectivity index (χ4n) is 4.28. The van der Waals surface area contributed by atoms with Crippen LogP contribution in [0, 0.1) is 5.92 Å². The van der Waals surface area contributed by atoms with E-state index in [1.807, 2.05) is 30.3 Å². The number of nitrogens with zero attached hydrogens (tertiary/aromatic N) is 3. The second-order valence-electron chi connectivity index (χ2n) is 7.75. The molecule has 2 aliphatic heterocycles. The maximum absolute atomic E-state index is 6.08. The minimum absolute atomic E-state index is 0.248. The summed E-state index contributed by atoms with van der Waals surface area (Å²) in [6.07, 6.45) is 1.85. The predicted octanol–water partition coefficient (Wildman–Crippen LogP) is 4.40. The van der Waals surface area contributed by atoms with Gasteiger partial charge >= 0.3 is 0 Å². The molecule has 29 heavy (non-hydrogen) atoms. The number of aromatic nitrogens is 2. The van der Waals surface area contributed by atoms with E-state index in [-0.39, 0.29) is 6.79 Å². The highest BCUT2D eigenvalue weighted by molar-refractivity contribution is 6.30. The van der Waals surface area contributed by atoms with Gasteiger partial charge in [0.1, 0.15) is 0 Å². The Hall–Kier alpha value is -2.57. The highest BCUT2D eigenvalue weighted by atomic mass is 35.5. The van der Waals surface area contributed by atoms with E-state index >= 15 is 0 Å². The second-order valence-corrected chi connectivity index (χ2v) is 8.19. The molecule has 3 heterocycles. The lowest BCUT2D eigenvalue weighted by atomic mass is 9.79. The van der Waals surface area contributed by atoms with Crippen molar-refractivity contribution >= 4 is 11.6 Å². The highest BCUT2D eigenvalue weighted by Gasteiger charge is 2.30. The van der Waals surface area contributed by atoms with Crippen molar-refractivity contribution in [2.75, 3.05) is 26.9 Å². The molecule has 2 aromatic carbocycles. The molecule has 0 saturated carbocycles. The number of benzene rings is 2. The van der Waals surface area contributed by atoms with Crippen molar-refractivity contribution < 1.29 is 14.0 Å². The number of fused-ring (bicyclic) bond motifs is 1. The van der Waals surface area contributed by atoms with Crippen molar-refractivity contribution in [2.24, 2.45) is 5.92 Å². The van der Waals surface area contributed by atoms with E-state index in [4.69, 9.17) is 25.6 Å². The Bertz CT molecular complexity index is 1000. The standard InChI is InChI=1S/C22H22ClN3O3/c1-26-9-8-18(14-2-5-17(23)6-3-14)16(12-26)11-21-24-22(25-29-21)15-4-7-19-20(10-15)28-13-27-19/h2-7,10,16,18H,8-9,11-13H2,1H3/t16-,18+/m0/s1. The van der Waals surface area contributed by atoms with Gasteiger partial charge in [0, 0.05) is 23.6 Å². The molecule has 3 aromatic rings. The van der Waals surface area contributed by atoms with Gasteiger partial charge in [-0.1, -0.05) is 28.9 Å². The molecule has 1 saturated heterocycles. The van der Waals surface area contributed by atoms with Gasteiger partial charge in [-0.2, -0.15) is 4.98 Å². The molecule has 1 fully saturated rings. The molecule has 0 bridgehead atoms. The highest BCUT2D eigenvalue weighted by Crippen LogP contribution is 2.37. The first-order valence-corrected chi connectivity index (χ1v) is 10.2. The van der Waals surface area contributed by atoms with Crippen LogP contribution in [0.25, 0.3) is 11.4 Å². The summed E-state index contributed by atoms with van der Waals surface area (Å²) >= 11 is 6.08. The van der Waals surface area contributed by atoms with Crippen molar-refractivity contribution in [3.63, 3.8) is 0 Å². The lowest BCUT2D eigenvalue weighted by Crippen LogP contribution is -2.38.